The highest BCUT2D eigenvalue weighted by atomic mass is 16.2. The van der Waals surface area contributed by atoms with E-state index < -0.39 is 5.91 Å². The molecule has 2 amide bonds. The molecule has 0 radical (unpaired) electrons. The van der Waals surface area contributed by atoms with Crippen LogP contribution < -0.4 is 11.1 Å². The van der Waals surface area contributed by atoms with Crippen molar-refractivity contribution in [3.63, 3.8) is 0 Å². The molecule has 21 heavy (non-hydrogen) atoms. The molecule has 1 aromatic carbocycles. The lowest BCUT2D eigenvalue weighted by molar-refractivity contribution is 0.100. The van der Waals surface area contributed by atoms with E-state index in [1.165, 1.54) is 0 Å². The lowest BCUT2D eigenvalue weighted by Crippen LogP contribution is -2.18. The number of amides is 2. The van der Waals surface area contributed by atoms with Crippen LogP contribution >= 0.6 is 0 Å². The van der Waals surface area contributed by atoms with Gasteiger partial charge in [-0.2, -0.15) is 5.10 Å². The lowest BCUT2D eigenvalue weighted by Gasteiger charge is -2.08. The number of primary amides is 1. The van der Waals surface area contributed by atoms with Gasteiger partial charge < -0.3 is 11.1 Å². The Hall–Kier alpha value is -2.63. The summed E-state index contributed by atoms with van der Waals surface area (Å²) in [5.74, 6) is -0.957. The summed E-state index contributed by atoms with van der Waals surface area (Å²) < 4.78 is 1.77. The van der Waals surface area contributed by atoms with E-state index >= 15 is 0 Å². The molecule has 0 spiro atoms. The Morgan fingerprint density at radius 2 is 1.95 bits per heavy atom. The molecule has 2 rings (SSSR count). The van der Waals surface area contributed by atoms with Gasteiger partial charge in [0.2, 0.25) is 0 Å². The maximum absolute atomic E-state index is 12.2. The zero-order chi connectivity index (χ0) is 15.6. The number of aromatic nitrogens is 2. The number of carbonyl (C=O) groups is 2. The number of nitrogens with one attached hydrogen (secondary N) is 1. The maximum atomic E-state index is 12.2. The zero-order valence-corrected chi connectivity index (χ0v) is 12.3. The first-order chi connectivity index (χ1) is 9.90. The Bertz CT molecular complexity index is 689. The first-order valence-corrected chi connectivity index (χ1v) is 6.66. The summed E-state index contributed by atoms with van der Waals surface area (Å²) in [6, 6.07) is 8.49. The van der Waals surface area contributed by atoms with Crippen LogP contribution in [0, 0.1) is 6.92 Å². The van der Waals surface area contributed by atoms with Crippen LogP contribution in [-0.4, -0.2) is 21.6 Å². The number of nitrogens with zero attached hydrogens (tertiary/aromatic N) is 2. The molecule has 2 aromatic rings. The minimum absolute atomic E-state index is 0.171. The van der Waals surface area contributed by atoms with E-state index in [2.05, 4.69) is 10.4 Å². The monoisotopic (exact) mass is 286 g/mol. The van der Waals surface area contributed by atoms with Crippen LogP contribution in [0.4, 0.5) is 5.69 Å². The second kappa shape index (κ2) is 5.78. The molecule has 0 saturated heterocycles. The molecular formula is C15H18N4O2. The van der Waals surface area contributed by atoms with Crippen LogP contribution in [0.25, 0.3) is 0 Å². The van der Waals surface area contributed by atoms with Crippen molar-refractivity contribution in [1.29, 1.82) is 0 Å². The number of hydrogen-bond donors (Lipinski definition) is 2. The van der Waals surface area contributed by atoms with Crippen LogP contribution in [0.15, 0.2) is 30.3 Å². The molecular weight excluding hydrogens is 268 g/mol. The number of carbonyl (C=O) groups excluding carboxylic acids is 2. The van der Waals surface area contributed by atoms with Gasteiger partial charge in [0.05, 0.1) is 11.3 Å². The molecule has 1 aromatic heterocycles. The Balaban J connectivity index is 2.27. The number of benzene rings is 1. The molecule has 3 N–H and O–H groups in total. The van der Waals surface area contributed by atoms with Crippen molar-refractivity contribution < 1.29 is 9.59 Å². The van der Waals surface area contributed by atoms with Gasteiger partial charge in [0.25, 0.3) is 11.8 Å². The molecule has 1 heterocycles. The smallest absolute Gasteiger partial charge is 0.276 e. The summed E-state index contributed by atoms with van der Waals surface area (Å²) in [6.07, 6.45) is 0. The average Bonchev–Trinajstić information content (AvgIpc) is 2.81. The van der Waals surface area contributed by atoms with Gasteiger partial charge >= 0.3 is 0 Å². The van der Waals surface area contributed by atoms with Crippen molar-refractivity contribution in [2.75, 3.05) is 5.32 Å². The maximum Gasteiger partial charge on any atom is 0.276 e. The van der Waals surface area contributed by atoms with Gasteiger partial charge in [-0.1, -0.05) is 12.1 Å². The molecule has 6 heteroatoms. The summed E-state index contributed by atoms with van der Waals surface area (Å²) in [4.78, 5) is 23.6. The third kappa shape index (κ3) is 3.10. The van der Waals surface area contributed by atoms with Crippen LogP contribution in [0.3, 0.4) is 0 Å². The van der Waals surface area contributed by atoms with Crippen LogP contribution in [0.1, 0.15) is 46.4 Å². The van der Waals surface area contributed by atoms with Crippen LogP contribution in [-0.2, 0) is 0 Å². The highest BCUT2D eigenvalue weighted by molar-refractivity contribution is 6.07. The van der Waals surface area contributed by atoms with E-state index in [9.17, 15) is 9.59 Å². The average molecular weight is 286 g/mol. The van der Waals surface area contributed by atoms with Crippen molar-refractivity contribution in [3.8, 4) is 0 Å². The third-order valence-electron chi connectivity index (χ3n) is 3.08. The van der Waals surface area contributed by atoms with Crippen molar-refractivity contribution >= 4 is 17.5 Å². The van der Waals surface area contributed by atoms with E-state index in [0.29, 0.717) is 11.4 Å². The van der Waals surface area contributed by atoms with E-state index in [0.717, 1.165) is 5.69 Å². The Kier molecular flexibility index (Phi) is 4.07. The fourth-order valence-electron chi connectivity index (χ4n) is 2.11. The Labute approximate surface area is 122 Å². The molecule has 110 valence electrons. The number of hydrogen-bond acceptors (Lipinski definition) is 3. The van der Waals surface area contributed by atoms with E-state index in [4.69, 9.17) is 5.73 Å². The van der Waals surface area contributed by atoms with E-state index in [1.807, 2.05) is 20.8 Å². The quantitative estimate of drug-likeness (QED) is 0.902. The zero-order valence-electron chi connectivity index (χ0n) is 12.3. The normalized spacial score (nSPS) is 10.7. The van der Waals surface area contributed by atoms with Gasteiger partial charge in [-0.05, 0) is 39.0 Å². The standard InChI is InChI=1S/C15H18N4O2/c1-9(2)19-10(3)8-13(18-19)15(21)17-12-7-5-4-6-11(12)14(16)20/h4-9H,1-3H3,(H2,16,20)(H,17,21). The number of nitrogens with two attached hydrogens (primary N) is 1. The predicted molar refractivity (Wildman–Crippen MR) is 80.3 cm³/mol. The highest BCUT2D eigenvalue weighted by Gasteiger charge is 2.16. The van der Waals surface area contributed by atoms with Crippen molar-refractivity contribution in [1.82, 2.24) is 9.78 Å². The minimum Gasteiger partial charge on any atom is -0.366 e. The molecule has 0 fully saturated rings. The van der Waals surface area contributed by atoms with Gasteiger partial charge in [-0.3, -0.25) is 14.3 Å². The molecule has 0 atom stereocenters. The van der Waals surface area contributed by atoms with Crippen LogP contribution in [0.2, 0.25) is 0 Å². The topological polar surface area (TPSA) is 90.0 Å². The number of aryl methyl sites for hydroxylation is 1. The first-order valence-electron chi connectivity index (χ1n) is 6.66. The summed E-state index contributed by atoms with van der Waals surface area (Å²) in [5, 5.41) is 6.94. The number of rotatable bonds is 4. The molecule has 0 bridgehead atoms. The van der Waals surface area contributed by atoms with Crippen molar-refractivity contribution in [2.45, 2.75) is 26.8 Å². The van der Waals surface area contributed by atoms with Gasteiger partial charge in [0.1, 0.15) is 0 Å². The predicted octanol–water partition coefficient (Wildman–Crippen LogP) is 2.12. The van der Waals surface area contributed by atoms with Crippen LogP contribution in [0.5, 0.6) is 0 Å². The summed E-state index contributed by atoms with van der Waals surface area (Å²) >= 11 is 0. The van der Waals surface area contributed by atoms with Crippen molar-refractivity contribution in [2.24, 2.45) is 5.73 Å². The molecule has 0 aliphatic heterocycles. The van der Waals surface area contributed by atoms with Gasteiger partial charge in [0, 0.05) is 11.7 Å². The molecule has 0 unspecified atom stereocenters. The van der Waals surface area contributed by atoms with E-state index in [1.54, 1.807) is 35.0 Å². The largest absolute Gasteiger partial charge is 0.366 e. The highest BCUT2D eigenvalue weighted by Crippen LogP contribution is 2.16. The fourth-order valence-corrected chi connectivity index (χ4v) is 2.11. The summed E-state index contributed by atoms with van der Waals surface area (Å²) in [7, 11) is 0. The van der Waals surface area contributed by atoms with Gasteiger partial charge in [0.15, 0.2) is 5.69 Å². The molecule has 0 aliphatic rings. The summed E-state index contributed by atoms with van der Waals surface area (Å²) in [5.41, 5.74) is 7.14. The second-order valence-corrected chi connectivity index (χ2v) is 5.07. The van der Waals surface area contributed by atoms with E-state index in [-0.39, 0.29) is 17.5 Å². The Morgan fingerprint density at radius 1 is 1.29 bits per heavy atom. The number of para-hydroxylation sites is 1. The molecule has 0 saturated carbocycles. The lowest BCUT2D eigenvalue weighted by atomic mass is 10.1. The second-order valence-electron chi connectivity index (χ2n) is 5.07. The minimum atomic E-state index is -0.588. The van der Waals surface area contributed by atoms with Gasteiger partial charge in [-0.25, -0.2) is 0 Å². The number of anilines is 1. The SMILES string of the molecule is Cc1cc(C(=O)Nc2ccccc2C(N)=O)nn1C(C)C. The third-order valence-corrected chi connectivity index (χ3v) is 3.08. The molecule has 6 nitrogen and oxygen atoms in total. The van der Waals surface area contributed by atoms with Crippen molar-refractivity contribution in [3.05, 3.63) is 47.3 Å². The fraction of sp³-hybridized carbons (Fsp3) is 0.267. The summed E-state index contributed by atoms with van der Waals surface area (Å²) in [6.45, 7) is 5.87. The Morgan fingerprint density at radius 3 is 2.52 bits per heavy atom. The molecule has 0 aliphatic carbocycles. The van der Waals surface area contributed by atoms with Gasteiger partial charge in [-0.15, -0.1) is 0 Å². The first kappa shape index (κ1) is 14.8.